The Morgan fingerprint density at radius 1 is 0.786 bits per heavy atom. The van der Waals surface area contributed by atoms with Gasteiger partial charge in [0.15, 0.2) is 11.5 Å². The Bertz CT molecular complexity index is 887. The van der Waals surface area contributed by atoms with Crippen LogP contribution in [0.5, 0.6) is 11.5 Å². The molecule has 1 fully saturated rings. The molecule has 146 valence electrons. The standard InChI is InChI=1S/C21H23N3O4/c1-22(2)17-6-3-15(4-7-17)20(25)23-9-11-24(12-10-23)21(26)16-5-8-18-19(13-16)28-14-27-18/h3-8,13H,9-12,14H2,1-2H3. The van der Waals surface area contributed by atoms with Gasteiger partial charge in [-0.3, -0.25) is 9.59 Å². The summed E-state index contributed by atoms with van der Waals surface area (Å²) in [7, 11) is 3.93. The van der Waals surface area contributed by atoms with Gasteiger partial charge in [-0.05, 0) is 42.5 Å². The van der Waals surface area contributed by atoms with Gasteiger partial charge in [-0.2, -0.15) is 0 Å². The lowest BCUT2D eigenvalue weighted by Crippen LogP contribution is -2.50. The summed E-state index contributed by atoms with van der Waals surface area (Å²) >= 11 is 0. The van der Waals surface area contributed by atoms with Gasteiger partial charge in [0.25, 0.3) is 11.8 Å². The third-order valence-corrected chi connectivity index (χ3v) is 5.10. The molecular weight excluding hydrogens is 358 g/mol. The van der Waals surface area contributed by atoms with Crippen molar-refractivity contribution in [3.63, 3.8) is 0 Å². The van der Waals surface area contributed by atoms with Crippen molar-refractivity contribution in [2.45, 2.75) is 0 Å². The highest BCUT2D eigenvalue weighted by Gasteiger charge is 2.26. The summed E-state index contributed by atoms with van der Waals surface area (Å²) in [4.78, 5) is 31.1. The van der Waals surface area contributed by atoms with Crippen molar-refractivity contribution in [3.05, 3.63) is 53.6 Å². The van der Waals surface area contributed by atoms with Crippen LogP contribution in [-0.2, 0) is 0 Å². The molecular formula is C21H23N3O4. The summed E-state index contributed by atoms with van der Waals surface area (Å²) in [5.41, 5.74) is 2.29. The van der Waals surface area contributed by atoms with E-state index in [1.165, 1.54) is 0 Å². The predicted octanol–water partition coefficient (Wildman–Crippen LogP) is 2.08. The summed E-state index contributed by atoms with van der Waals surface area (Å²) in [6, 6.07) is 12.8. The first-order valence-corrected chi connectivity index (χ1v) is 9.28. The van der Waals surface area contributed by atoms with Crippen molar-refractivity contribution in [1.82, 2.24) is 9.80 Å². The Kier molecular flexibility index (Phi) is 4.81. The van der Waals surface area contributed by atoms with Gasteiger partial charge in [0.2, 0.25) is 6.79 Å². The van der Waals surface area contributed by atoms with Crippen LogP contribution in [0.3, 0.4) is 0 Å². The number of anilines is 1. The van der Waals surface area contributed by atoms with Gasteiger partial charge in [-0.15, -0.1) is 0 Å². The average molecular weight is 381 g/mol. The molecule has 0 radical (unpaired) electrons. The van der Waals surface area contributed by atoms with E-state index in [-0.39, 0.29) is 18.6 Å². The van der Waals surface area contributed by atoms with Crippen LogP contribution in [0.4, 0.5) is 5.69 Å². The van der Waals surface area contributed by atoms with E-state index in [9.17, 15) is 9.59 Å². The third-order valence-electron chi connectivity index (χ3n) is 5.10. The molecule has 0 N–H and O–H groups in total. The Labute approximate surface area is 164 Å². The minimum atomic E-state index is -0.0549. The molecule has 2 heterocycles. The molecule has 28 heavy (non-hydrogen) atoms. The first-order valence-electron chi connectivity index (χ1n) is 9.28. The van der Waals surface area contributed by atoms with Crippen molar-refractivity contribution < 1.29 is 19.1 Å². The maximum atomic E-state index is 12.8. The maximum Gasteiger partial charge on any atom is 0.254 e. The van der Waals surface area contributed by atoms with Gasteiger partial charge in [0.05, 0.1) is 0 Å². The van der Waals surface area contributed by atoms with Crippen LogP contribution in [-0.4, -0.2) is 68.7 Å². The number of amides is 2. The van der Waals surface area contributed by atoms with Crippen LogP contribution in [0.2, 0.25) is 0 Å². The molecule has 0 atom stereocenters. The highest BCUT2D eigenvalue weighted by molar-refractivity contribution is 5.96. The highest BCUT2D eigenvalue weighted by atomic mass is 16.7. The number of carbonyl (C=O) groups is 2. The molecule has 2 amide bonds. The van der Waals surface area contributed by atoms with E-state index in [1.54, 1.807) is 28.0 Å². The number of hydrogen-bond donors (Lipinski definition) is 0. The Hall–Kier alpha value is -3.22. The van der Waals surface area contributed by atoms with E-state index in [0.29, 0.717) is 48.8 Å². The Morgan fingerprint density at radius 2 is 1.32 bits per heavy atom. The zero-order valence-corrected chi connectivity index (χ0v) is 16.1. The molecule has 2 aliphatic rings. The second kappa shape index (κ2) is 7.42. The summed E-state index contributed by atoms with van der Waals surface area (Å²) in [5.74, 6) is 1.20. The number of nitrogens with zero attached hydrogens (tertiary/aromatic N) is 3. The zero-order valence-electron chi connectivity index (χ0n) is 16.1. The number of piperazine rings is 1. The first kappa shape index (κ1) is 18.2. The molecule has 1 saturated heterocycles. The lowest BCUT2D eigenvalue weighted by molar-refractivity contribution is 0.0535. The van der Waals surface area contributed by atoms with E-state index in [0.717, 1.165) is 5.69 Å². The van der Waals surface area contributed by atoms with E-state index in [1.807, 2.05) is 43.3 Å². The second-order valence-electron chi connectivity index (χ2n) is 7.09. The van der Waals surface area contributed by atoms with Crippen LogP contribution in [0.1, 0.15) is 20.7 Å². The van der Waals surface area contributed by atoms with E-state index >= 15 is 0 Å². The Balaban J connectivity index is 1.37. The van der Waals surface area contributed by atoms with Gasteiger partial charge in [-0.25, -0.2) is 0 Å². The van der Waals surface area contributed by atoms with Crippen LogP contribution in [0.25, 0.3) is 0 Å². The number of carbonyl (C=O) groups excluding carboxylic acids is 2. The van der Waals surface area contributed by atoms with Gasteiger partial charge >= 0.3 is 0 Å². The first-order chi connectivity index (χ1) is 13.5. The molecule has 2 aliphatic heterocycles. The lowest BCUT2D eigenvalue weighted by atomic mass is 10.1. The SMILES string of the molecule is CN(C)c1ccc(C(=O)N2CCN(C(=O)c3ccc4c(c3)OCO4)CC2)cc1. The van der Waals surface area contributed by atoms with Crippen LogP contribution >= 0.6 is 0 Å². The Morgan fingerprint density at radius 3 is 1.93 bits per heavy atom. The lowest BCUT2D eigenvalue weighted by Gasteiger charge is -2.35. The quantitative estimate of drug-likeness (QED) is 0.815. The van der Waals surface area contributed by atoms with Gasteiger partial charge in [0, 0.05) is 57.1 Å². The van der Waals surface area contributed by atoms with Crippen LogP contribution < -0.4 is 14.4 Å². The van der Waals surface area contributed by atoms with Crippen molar-refractivity contribution >= 4 is 17.5 Å². The number of benzene rings is 2. The molecule has 7 heteroatoms. The smallest absolute Gasteiger partial charge is 0.254 e. The van der Waals surface area contributed by atoms with Crippen molar-refractivity contribution in [2.24, 2.45) is 0 Å². The van der Waals surface area contributed by atoms with Crippen molar-refractivity contribution in [2.75, 3.05) is 52.0 Å². The molecule has 0 spiro atoms. The molecule has 0 bridgehead atoms. The van der Waals surface area contributed by atoms with Gasteiger partial charge < -0.3 is 24.2 Å². The van der Waals surface area contributed by atoms with Gasteiger partial charge in [0.1, 0.15) is 0 Å². The molecule has 4 rings (SSSR count). The minimum Gasteiger partial charge on any atom is -0.454 e. The van der Waals surface area contributed by atoms with Crippen molar-refractivity contribution in [1.29, 1.82) is 0 Å². The fraction of sp³-hybridized carbons (Fsp3) is 0.333. The van der Waals surface area contributed by atoms with Crippen LogP contribution in [0.15, 0.2) is 42.5 Å². The fourth-order valence-corrected chi connectivity index (χ4v) is 3.41. The van der Waals surface area contributed by atoms with Crippen molar-refractivity contribution in [3.8, 4) is 11.5 Å². The number of hydrogen-bond acceptors (Lipinski definition) is 5. The monoisotopic (exact) mass is 381 g/mol. The molecule has 0 saturated carbocycles. The minimum absolute atomic E-state index is 0.000449. The normalized spacial score (nSPS) is 15.5. The van der Waals surface area contributed by atoms with E-state index < -0.39 is 0 Å². The zero-order chi connectivity index (χ0) is 19.7. The molecule has 0 unspecified atom stereocenters. The highest BCUT2D eigenvalue weighted by Crippen LogP contribution is 2.32. The summed E-state index contributed by atoms with van der Waals surface area (Å²) in [6.07, 6.45) is 0. The topological polar surface area (TPSA) is 62.3 Å². The molecule has 0 aromatic heterocycles. The number of ether oxygens (including phenoxy) is 2. The molecule has 2 aromatic carbocycles. The largest absolute Gasteiger partial charge is 0.454 e. The maximum absolute atomic E-state index is 12.8. The van der Waals surface area contributed by atoms with Gasteiger partial charge in [-0.1, -0.05) is 0 Å². The summed E-state index contributed by atoms with van der Waals surface area (Å²) < 4.78 is 10.6. The number of rotatable bonds is 3. The van der Waals surface area contributed by atoms with E-state index in [2.05, 4.69) is 0 Å². The molecule has 2 aromatic rings. The predicted molar refractivity (Wildman–Crippen MR) is 105 cm³/mol. The fourth-order valence-electron chi connectivity index (χ4n) is 3.41. The molecule has 0 aliphatic carbocycles. The number of fused-ring (bicyclic) bond motifs is 1. The van der Waals surface area contributed by atoms with E-state index in [4.69, 9.17) is 9.47 Å². The third kappa shape index (κ3) is 3.47. The summed E-state index contributed by atoms with van der Waals surface area (Å²) in [6.45, 7) is 2.24. The average Bonchev–Trinajstić information content (AvgIpc) is 3.21. The summed E-state index contributed by atoms with van der Waals surface area (Å²) in [5, 5.41) is 0. The second-order valence-corrected chi connectivity index (χ2v) is 7.09. The van der Waals surface area contributed by atoms with Crippen LogP contribution in [0, 0.1) is 0 Å². The molecule has 7 nitrogen and oxygen atoms in total.